The Bertz CT molecular complexity index is 1410. The Morgan fingerprint density at radius 1 is 1.20 bits per heavy atom. The molecule has 3 heterocycles. The molecule has 3 N–H and O–H groups in total. The van der Waals surface area contributed by atoms with Crippen molar-refractivity contribution in [3.63, 3.8) is 0 Å². The third kappa shape index (κ3) is 4.17. The molecule has 1 aliphatic heterocycles. The van der Waals surface area contributed by atoms with Gasteiger partial charge in [0.15, 0.2) is 17.4 Å². The van der Waals surface area contributed by atoms with Crippen LogP contribution in [0.5, 0.6) is 0 Å². The number of aliphatic hydroxyl groups excluding tert-OH is 1. The van der Waals surface area contributed by atoms with E-state index >= 15 is 0 Å². The number of halogens is 4. The van der Waals surface area contributed by atoms with E-state index in [-0.39, 0.29) is 29.6 Å². The molecule has 1 fully saturated rings. The number of nitrogens with one attached hydrogen (secondary N) is 2. The number of rotatable bonds is 5. The van der Waals surface area contributed by atoms with Gasteiger partial charge in [-0.2, -0.15) is 13.2 Å². The molecule has 0 bridgehead atoms. The van der Waals surface area contributed by atoms with Gasteiger partial charge in [-0.05, 0) is 24.3 Å². The van der Waals surface area contributed by atoms with Crippen LogP contribution in [-0.4, -0.2) is 58.2 Å². The van der Waals surface area contributed by atoms with E-state index in [4.69, 9.17) is 4.74 Å². The summed E-state index contributed by atoms with van der Waals surface area (Å²) in [6.45, 7) is 0.678. The Morgan fingerprint density at radius 2 is 1.97 bits per heavy atom. The predicted molar refractivity (Wildman–Crippen MR) is 120 cm³/mol. The standard InChI is InChI=1S/C24H20F4N4O3/c1-35-20-11-32(10-19(20)33)13-7-16(25)21-17(8-13)30-23(31-21)18-6-12(9-29-18)22(34)14-4-2-3-5-15(14)24(26,27)28/h2-9,19-20,29,33H,10-11H2,1H3,(H,30,31). The third-order valence-corrected chi connectivity index (χ3v) is 6.11. The first kappa shape index (κ1) is 23.1. The maximum Gasteiger partial charge on any atom is 0.417 e. The molecule has 0 saturated carbocycles. The van der Waals surface area contributed by atoms with E-state index in [1.165, 1.54) is 37.6 Å². The number of anilines is 1. The smallest absolute Gasteiger partial charge is 0.388 e. The predicted octanol–water partition coefficient (Wildman–Crippen LogP) is 4.14. The second kappa shape index (κ2) is 8.51. The van der Waals surface area contributed by atoms with Gasteiger partial charge < -0.3 is 24.7 Å². The zero-order valence-corrected chi connectivity index (χ0v) is 18.4. The van der Waals surface area contributed by atoms with Crippen LogP contribution in [0.1, 0.15) is 21.5 Å². The lowest BCUT2D eigenvalue weighted by Crippen LogP contribution is -2.25. The van der Waals surface area contributed by atoms with Gasteiger partial charge >= 0.3 is 6.18 Å². The van der Waals surface area contributed by atoms with Crippen LogP contribution in [0.4, 0.5) is 23.2 Å². The summed E-state index contributed by atoms with van der Waals surface area (Å²) in [5, 5.41) is 10.1. The molecule has 1 saturated heterocycles. The quantitative estimate of drug-likeness (QED) is 0.290. The van der Waals surface area contributed by atoms with Crippen LogP contribution in [-0.2, 0) is 10.9 Å². The average molecular weight is 488 g/mol. The molecule has 0 spiro atoms. The molecule has 2 unspecified atom stereocenters. The molecule has 182 valence electrons. The van der Waals surface area contributed by atoms with Crippen molar-refractivity contribution < 1.29 is 32.2 Å². The number of hydrogen-bond acceptors (Lipinski definition) is 5. The van der Waals surface area contributed by atoms with Gasteiger partial charge in [0.25, 0.3) is 0 Å². The number of methoxy groups -OCH3 is 1. The van der Waals surface area contributed by atoms with E-state index in [1.807, 2.05) is 0 Å². The third-order valence-electron chi connectivity index (χ3n) is 6.11. The number of β-amino-alcohol motifs (C(OH)–C–C–N with tert-alkyl or cyclic N) is 1. The lowest BCUT2D eigenvalue weighted by atomic mass is 9.99. The SMILES string of the molecule is COC1CN(c2cc(F)c3nc(-c4cc(C(=O)c5ccccc5C(F)(F)F)c[nH]4)[nH]c3c2)CC1O. The zero-order valence-electron chi connectivity index (χ0n) is 18.4. The number of hydrogen-bond donors (Lipinski definition) is 3. The minimum atomic E-state index is -4.67. The molecule has 1 aliphatic rings. The number of carbonyl (C=O) groups excluding carboxylic acids is 1. The molecule has 0 amide bonds. The van der Waals surface area contributed by atoms with Crippen LogP contribution in [0.2, 0.25) is 0 Å². The van der Waals surface area contributed by atoms with E-state index < -0.39 is 35.0 Å². The van der Waals surface area contributed by atoms with Gasteiger partial charge in [-0.25, -0.2) is 9.37 Å². The molecule has 0 aliphatic carbocycles. The van der Waals surface area contributed by atoms with Gasteiger partial charge in [-0.15, -0.1) is 0 Å². The van der Waals surface area contributed by atoms with Crippen LogP contribution in [0.3, 0.4) is 0 Å². The summed E-state index contributed by atoms with van der Waals surface area (Å²) in [5.74, 6) is -1.17. The molecular weight excluding hydrogens is 468 g/mol. The van der Waals surface area contributed by atoms with Crippen molar-refractivity contribution in [2.24, 2.45) is 0 Å². The van der Waals surface area contributed by atoms with Crippen LogP contribution in [0.15, 0.2) is 48.7 Å². The second-order valence-electron chi connectivity index (χ2n) is 8.33. The van der Waals surface area contributed by atoms with Gasteiger partial charge in [-0.3, -0.25) is 4.79 Å². The Kier molecular flexibility index (Phi) is 5.60. The molecule has 2 aromatic carbocycles. The van der Waals surface area contributed by atoms with Gasteiger partial charge in [0.05, 0.1) is 22.9 Å². The molecule has 0 radical (unpaired) electrons. The van der Waals surface area contributed by atoms with E-state index in [1.54, 1.807) is 11.0 Å². The van der Waals surface area contributed by atoms with Crippen molar-refractivity contribution in [3.05, 3.63) is 71.2 Å². The van der Waals surface area contributed by atoms with Crippen LogP contribution < -0.4 is 4.90 Å². The number of ketones is 1. The first-order valence-electron chi connectivity index (χ1n) is 10.7. The summed E-state index contributed by atoms with van der Waals surface area (Å²) in [7, 11) is 1.50. The maximum atomic E-state index is 14.8. The molecule has 2 aromatic heterocycles. The lowest BCUT2D eigenvalue weighted by Gasteiger charge is -2.18. The van der Waals surface area contributed by atoms with E-state index in [2.05, 4.69) is 15.0 Å². The summed E-state index contributed by atoms with van der Waals surface area (Å²) in [6.07, 6.45) is -4.47. The van der Waals surface area contributed by atoms with Crippen molar-refractivity contribution in [1.29, 1.82) is 0 Å². The Hall–Kier alpha value is -3.70. The highest BCUT2D eigenvalue weighted by atomic mass is 19.4. The monoisotopic (exact) mass is 488 g/mol. The fourth-order valence-electron chi connectivity index (χ4n) is 4.32. The Labute approximate surface area is 196 Å². The number of aliphatic hydroxyl groups is 1. The van der Waals surface area contributed by atoms with Gasteiger partial charge in [0.1, 0.15) is 11.6 Å². The highest BCUT2D eigenvalue weighted by molar-refractivity contribution is 6.10. The van der Waals surface area contributed by atoms with E-state index in [0.29, 0.717) is 23.4 Å². The number of alkyl halides is 3. The lowest BCUT2D eigenvalue weighted by molar-refractivity contribution is -0.137. The normalized spacial score (nSPS) is 18.5. The van der Waals surface area contributed by atoms with Crippen molar-refractivity contribution in [2.75, 3.05) is 25.1 Å². The number of carbonyl (C=O) groups is 1. The molecule has 2 atom stereocenters. The highest BCUT2D eigenvalue weighted by Gasteiger charge is 2.35. The first-order valence-corrected chi connectivity index (χ1v) is 10.7. The average Bonchev–Trinajstić information content (AvgIpc) is 3.55. The Morgan fingerprint density at radius 3 is 2.69 bits per heavy atom. The number of imidazole rings is 1. The number of aromatic nitrogens is 3. The summed E-state index contributed by atoms with van der Waals surface area (Å²) >= 11 is 0. The van der Waals surface area contributed by atoms with Crippen molar-refractivity contribution in [3.8, 4) is 11.5 Å². The van der Waals surface area contributed by atoms with Crippen LogP contribution >= 0.6 is 0 Å². The second-order valence-corrected chi connectivity index (χ2v) is 8.33. The van der Waals surface area contributed by atoms with Crippen molar-refractivity contribution in [1.82, 2.24) is 15.0 Å². The number of H-pyrrole nitrogens is 2. The molecule has 4 aromatic rings. The summed E-state index contributed by atoms with van der Waals surface area (Å²) in [5.41, 5.74) is -0.176. The number of nitrogens with zero attached hydrogens (tertiary/aromatic N) is 2. The van der Waals surface area contributed by atoms with Crippen molar-refractivity contribution >= 4 is 22.5 Å². The molecule has 5 rings (SSSR count). The first-order chi connectivity index (χ1) is 16.7. The molecule has 7 nitrogen and oxygen atoms in total. The van der Waals surface area contributed by atoms with E-state index in [0.717, 1.165) is 12.1 Å². The maximum absolute atomic E-state index is 14.8. The molecular formula is C24H20F4N4O3. The van der Waals surface area contributed by atoms with Crippen molar-refractivity contribution in [2.45, 2.75) is 18.4 Å². The molecule has 35 heavy (non-hydrogen) atoms. The van der Waals surface area contributed by atoms with E-state index in [9.17, 15) is 27.5 Å². The fraction of sp³-hybridized carbons (Fsp3) is 0.250. The fourth-order valence-corrected chi connectivity index (χ4v) is 4.32. The van der Waals surface area contributed by atoms with Gasteiger partial charge in [-0.1, -0.05) is 18.2 Å². The number of fused-ring (bicyclic) bond motifs is 1. The van der Waals surface area contributed by atoms with Gasteiger partial charge in [0, 0.05) is 43.2 Å². The van der Waals surface area contributed by atoms with Crippen LogP contribution in [0.25, 0.3) is 22.6 Å². The number of ether oxygens (including phenoxy) is 1. The zero-order chi connectivity index (χ0) is 24.9. The summed E-state index contributed by atoms with van der Waals surface area (Å²) < 4.78 is 60.0. The minimum Gasteiger partial charge on any atom is -0.388 e. The topological polar surface area (TPSA) is 94.2 Å². The number of benzene rings is 2. The molecule has 11 heteroatoms. The Balaban J connectivity index is 1.45. The summed E-state index contributed by atoms with van der Waals surface area (Å²) in [6, 6.07) is 8.94. The largest absolute Gasteiger partial charge is 0.417 e. The van der Waals surface area contributed by atoms with Crippen LogP contribution in [0, 0.1) is 5.82 Å². The van der Waals surface area contributed by atoms with Gasteiger partial charge in [0.2, 0.25) is 0 Å². The highest BCUT2D eigenvalue weighted by Crippen LogP contribution is 2.34. The summed E-state index contributed by atoms with van der Waals surface area (Å²) in [4.78, 5) is 24.7. The number of aromatic amines is 2. The minimum absolute atomic E-state index is 0.00924.